The first-order chi connectivity index (χ1) is 27.9. The third-order valence-corrected chi connectivity index (χ3v) is 21.4. The van der Waals surface area contributed by atoms with Gasteiger partial charge in [-0.2, -0.15) is 0 Å². The Balaban J connectivity index is 1.25. The summed E-state index contributed by atoms with van der Waals surface area (Å²) < 4.78 is 0. The molecule has 4 aliphatic heterocycles. The van der Waals surface area contributed by atoms with Crippen LogP contribution in [-0.2, 0) is 10.8 Å². The molecule has 6 aliphatic rings. The lowest BCUT2D eigenvalue weighted by Crippen LogP contribution is -2.66. The van der Waals surface area contributed by atoms with E-state index in [2.05, 4.69) is 180 Å². The maximum absolute atomic E-state index is 2.93. The van der Waals surface area contributed by atoms with E-state index in [1.807, 2.05) is 0 Å². The zero-order valence-corrected chi connectivity index (χ0v) is 39.7. The van der Waals surface area contributed by atoms with Crippen LogP contribution in [0.5, 0.6) is 0 Å². The van der Waals surface area contributed by atoms with E-state index in [-0.39, 0.29) is 28.6 Å². The number of hydrogen-bond acceptors (Lipinski definition) is 3. The van der Waals surface area contributed by atoms with Crippen molar-refractivity contribution in [2.45, 2.75) is 147 Å². The van der Waals surface area contributed by atoms with Crippen molar-refractivity contribution >= 4 is 89.4 Å². The number of benzene rings is 5. The van der Waals surface area contributed by atoms with Gasteiger partial charge >= 0.3 is 0 Å². The molecule has 6 heteroatoms. The second-order valence-corrected chi connectivity index (χ2v) is 32.7. The number of fused-ring (bicyclic) bond motifs is 10. The van der Waals surface area contributed by atoms with Crippen molar-refractivity contribution in [1.82, 2.24) is 0 Å². The van der Waals surface area contributed by atoms with Crippen molar-refractivity contribution in [3.8, 4) is 0 Å². The van der Waals surface area contributed by atoms with Crippen LogP contribution in [0.15, 0.2) is 91.0 Å². The molecule has 0 aromatic heterocycles. The third-order valence-electron chi connectivity index (χ3n) is 17.3. The van der Waals surface area contributed by atoms with Gasteiger partial charge in [0.25, 0.3) is 6.71 Å². The van der Waals surface area contributed by atoms with Crippen LogP contribution in [0.2, 0.25) is 39.3 Å². The van der Waals surface area contributed by atoms with Crippen LogP contribution in [0.25, 0.3) is 0 Å². The summed E-state index contributed by atoms with van der Waals surface area (Å²) in [6.07, 6.45) is 10.1. The Morgan fingerprint density at radius 2 is 1.00 bits per heavy atom. The smallest absolute Gasteiger partial charge is 0.252 e. The fraction of sp³-hybridized carbons (Fsp3) is 0.434. The number of anilines is 7. The van der Waals surface area contributed by atoms with Gasteiger partial charge in [0, 0.05) is 45.0 Å². The van der Waals surface area contributed by atoms with Crippen molar-refractivity contribution in [1.29, 1.82) is 0 Å². The van der Waals surface area contributed by atoms with Gasteiger partial charge in [0.05, 0.1) is 32.9 Å². The van der Waals surface area contributed by atoms with Gasteiger partial charge < -0.3 is 14.7 Å². The lowest BCUT2D eigenvalue weighted by molar-refractivity contribution is 0.194. The average molecular weight is 810 g/mol. The van der Waals surface area contributed by atoms with E-state index in [0.717, 1.165) is 0 Å². The molecule has 59 heavy (non-hydrogen) atoms. The molecular formula is C53H64BN3Si2. The highest BCUT2D eigenvalue weighted by Gasteiger charge is 2.64. The summed E-state index contributed by atoms with van der Waals surface area (Å²) >= 11 is 0. The first-order valence-electron chi connectivity index (χ1n) is 23.0. The minimum Gasteiger partial charge on any atom is -0.335 e. The van der Waals surface area contributed by atoms with Crippen molar-refractivity contribution < 1.29 is 0 Å². The quantitative estimate of drug-likeness (QED) is 0.164. The lowest BCUT2D eigenvalue weighted by Gasteiger charge is -2.55. The monoisotopic (exact) mass is 809 g/mol. The molecule has 3 nitrogen and oxygen atoms in total. The zero-order valence-electron chi connectivity index (χ0n) is 37.7. The first kappa shape index (κ1) is 38.0. The van der Waals surface area contributed by atoms with Crippen LogP contribution in [0, 0.1) is 6.92 Å². The summed E-state index contributed by atoms with van der Waals surface area (Å²) in [5.74, 6) is 0. The van der Waals surface area contributed by atoms with Crippen LogP contribution in [-0.4, -0.2) is 33.9 Å². The normalized spacial score (nSPS) is 27.2. The van der Waals surface area contributed by atoms with Crippen molar-refractivity contribution in [2.24, 2.45) is 0 Å². The predicted molar refractivity (Wildman–Crippen MR) is 262 cm³/mol. The SMILES string of the molecule is Cc1cc2c3c(c1)C1(C)CCCCC1(C)N3c1cc(N(c3ccc([Si](C)(C)C)cc3)c3ccc([Si](C)(C)C)cc3)cc3c1B2c1cccc2c1N3C1(C)CCCCC21C. The van der Waals surface area contributed by atoms with Crippen LogP contribution in [0.3, 0.4) is 0 Å². The average Bonchev–Trinajstić information content (AvgIpc) is 3.54. The molecule has 0 N–H and O–H groups in total. The van der Waals surface area contributed by atoms with Crippen molar-refractivity contribution in [3.63, 3.8) is 0 Å². The van der Waals surface area contributed by atoms with Gasteiger partial charge in [-0.25, -0.2) is 0 Å². The molecule has 2 fully saturated rings. The van der Waals surface area contributed by atoms with E-state index < -0.39 is 16.1 Å². The van der Waals surface area contributed by atoms with E-state index in [0.29, 0.717) is 0 Å². The third kappa shape index (κ3) is 4.82. The summed E-state index contributed by atoms with van der Waals surface area (Å²) in [5, 5.41) is 3.01. The van der Waals surface area contributed by atoms with Gasteiger partial charge in [0.15, 0.2) is 0 Å². The van der Waals surface area contributed by atoms with E-state index >= 15 is 0 Å². The minimum absolute atomic E-state index is 0.0177. The Labute approximate surface area is 357 Å². The highest BCUT2D eigenvalue weighted by Crippen LogP contribution is 2.65. The first-order valence-corrected chi connectivity index (χ1v) is 30.0. The molecule has 302 valence electrons. The van der Waals surface area contributed by atoms with E-state index in [1.54, 1.807) is 11.1 Å². The lowest BCUT2D eigenvalue weighted by atomic mass is 9.33. The van der Waals surface area contributed by atoms with Gasteiger partial charge in [0.2, 0.25) is 0 Å². The maximum atomic E-state index is 2.93. The van der Waals surface area contributed by atoms with Gasteiger partial charge in [-0.3, -0.25) is 0 Å². The second kappa shape index (κ2) is 12.1. The molecule has 5 aromatic carbocycles. The minimum atomic E-state index is -1.49. The predicted octanol–water partition coefficient (Wildman–Crippen LogP) is 11.2. The summed E-state index contributed by atoms with van der Waals surface area (Å²) in [4.78, 5) is 8.47. The van der Waals surface area contributed by atoms with Crippen LogP contribution >= 0.6 is 0 Å². The molecule has 2 saturated carbocycles. The fourth-order valence-electron chi connectivity index (χ4n) is 13.6. The number of rotatable bonds is 5. The number of nitrogens with zero attached hydrogens (tertiary/aromatic N) is 3. The van der Waals surface area contributed by atoms with E-state index in [1.165, 1.54) is 124 Å². The molecule has 5 aromatic rings. The Hall–Kier alpha value is -4.00. The topological polar surface area (TPSA) is 9.72 Å². The number of hydrogen-bond donors (Lipinski definition) is 0. The standard InChI is InChI=1S/C53H64BN3Si2/c1-35-31-42-49-44(32-35)54-43-18-16-17-41-48(43)56(52(4)29-14-12-27-50(41,52)2)45-33-38(34-46(47(45)54)57(49)53(5)30-15-13-28-51(42,53)3)55(36-19-23-39(24-20-36)58(6,7)8)37-21-25-40(26-22-37)59(9,10)11/h16-26,31-34H,12-15,27-30H2,1-11H3. The Kier molecular flexibility index (Phi) is 7.78. The summed E-state index contributed by atoms with van der Waals surface area (Å²) in [7, 11) is -2.98. The van der Waals surface area contributed by atoms with Crippen LogP contribution < -0.4 is 41.5 Å². The highest BCUT2D eigenvalue weighted by atomic mass is 28.3. The Morgan fingerprint density at radius 3 is 1.51 bits per heavy atom. The molecule has 0 spiro atoms. The molecule has 11 rings (SSSR count). The van der Waals surface area contributed by atoms with Gasteiger partial charge in [-0.05, 0) is 110 Å². The Morgan fingerprint density at radius 1 is 0.525 bits per heavy atom. The molecule has 0 radical (unpaired) electrons. The number of aryl methyl sites for hydroxylation is 1. The van der Waals surface area contributed by atoms with E-state index in [4.69, 9.17) is 0 Å². The fourth-order valence-corrected chi connectivity index (χ4v) is 15.9. The molecule has 4 unspecified atom stereocenters. The Bertz CT molecular complexity index is 2510. The van der Waals surface area contributed by atoms with Gasteiger partial charge in [-0.1, -0.05) is 149 Å². The second-order valence-electron chi connectivity index (χ2n) is 22.6. The summed E-state index contributed by atoms with van der Waals surface area (Å²) in [6.45, 7) is 27.8. The highest BCUT2D eigenvalue weighted by molar-refractivity contribution is 7.00. The van der Waals surface area contributed by atoms with E-state index in [9.17, 15) is 0 Å². The zero-order chi connectivity index (χ0) is 41.2. The largest absolute Gasteiger partial charge is 0.335 e. The molecular weight excluding hydrogens is 746 g/mol. The number of para-hydroxylation sites is 1. The van der Waals surface area contributed by atoms with Crippen molar-refractivity contribution in [2.75, 3.05) is 14.7 Å². The molecule has 0 saturated heterocycles. The molecule has 0 amide bonds. The maximum Gasteiger partial charge on any atom is 0.252 e. The van der Waals surface area contributed by atoms with Crippen LogP contribution in [0.1, 0.15) is 95.8 Å². The van der Waals surface area contributed by atoms with Gasteiger partial charge in [-0.15, -0.1) is 0 Å². The summed E-state index contributed by atoms with van der Waals surface area (Å²) in [5.41, 5.74) is 19.0. The molecule has 0 bridgehead atoms. The van der Waals surface area contributed by atoms with Crippen LogP contribution in [0.4, 0.5) is 39.8 Å². The van der Waals surface area contributed by atoms with Gasteiger partial charge in [0.1, 0.15) is 0 Å². The molecule has 4 atom stereocenters. The van der Waals surface area contributed by atoms with Crippen molar-refractivity contribution in [3.05, 3.63) is 108 Å². The molecule has 2 aliphatic carbocycles. The molecule has 4 heterocycles. The summed E-state index contributed by atoms with van der Waals surface area (Å²) in [6, 6.07) is 37.3.